The highest BCUT2D eigenvalue weighted by Crippen LogP contribution is 2.14. The van der Waals surface area contributed by atoms with E-state index in [-0.39, 0.29) is 0 Å². The zero-order chi connectivity index (χ0) is 8.81. The van der Waals surface area contributed by atoms with Crippen molar-refractivity contribution in [3.63, 3.8) is 0 Å². The van der Waals surface area contributed by atoms with Gasteiger partial charge in [-0.15, -0.1) is 0 Å². The number of hydrogen-bond acceptors (Lipinski definition) is 0. The van der Waals surface area contributed by atoms with Crippen molar-refractivity contribution in [3.05, 3.63) is 23.8 Å². The fourth-order valence-electron chi connectivity index (χ4n) is 1.11. The lowest BCUT2D eigenvalue weighted by atomic mass is 9.99. The summed E-state index contributed by atoms with van der Waals surface area (Å²) in [6.45, 7) is 4.38. The highest BCUT2D eigenvalue weighted by atomic mass is 14.0. The SMILES string of the molecule is CCCC#CC1=CCC(C)C=C1. The van der Waals surface area contributed by atoms with Crippen LogP contribution in [0.4, 0.5) is 0 Å². The first-order valence-corrected chi connectivity index (χ1v) is 4.70. The molecule has 0 radical (unpaired) electrons. The molecule has 0 nitrogen and oxygen atoms in total. The van der Waals surface area contributed by atoms with Gasteiger partial charge in [-0.1, -0.05) is 43.9 Å². The Morgan fingerprint density at radius 1 is 1.58 bits per heavy atom. The molecule has 0 saturated carbocycles. The minimum Gasteiger partial charge on any atom is -0.0979 e. The van der Waals surface area contributed by atoms with Gasteiger partial charge < -0.3 is 0 Å². The minimum absolute atomic E-state index is 0.696. The minimum atomic E-state index is 0.696. The molecule has 0 saturated heterocycles. The molecule has 0 bridgehead atoms. The van der Waals surface area contributed by atoms with Crippen LogP contribution in [-0.4, -0.2) is 0 Å². The summed E-state index contributed by atoms with van der Waals surface area (Å²) in [5.41, 5.74) is 1.20. The molecule has 0 aromatic heterocycles. The van der Waals surface area contributed by atoms with Gasteiger partial charge in [-0.2, -0.15) is 0 Å². The third-order valence-electron chi connectivity index (χ3n) is 1.92. The van der Waals surface area contributed by atoms with Crippen molar-refractivity contribution in [2.75, 3.05) is 0 Å². The van der Waals surface area contributed by atoms with E-state index in [1.54, 1.807) is 0 Å². The van der Waals surface area contributed by atoms with Gasteiger partial charge in [0, 0.05) is 12.0 Å². The van der Waals surface area contributed by atoms with E-state index in [9.17, 15) is 0 Å². The van der Waals surface area contributed by atoms with Gasteiger partial charge in [-0.3, -0.25) is 0 Å². The van der Waals surface area contributed by atoms with Crippen molar-refractivity contribution >= 4 is 0 Å². The smallest absolute Gasteiger partial charge is 0.0202 e. The van der Waals surface area contributed by atoms with Crippen LogP contribution < -0.4 is 0 Å². The van der Waals surface area contributed by atoms with Crippen LogP contribution in [0.1, 0.15) is 33.1 Å². The average Bonchev–Trinajstić information content (AvgIpc) is 2.09. The van der Waals surface area contributed by atoms with Crippen molar-refractivity contribution in [2.24, 2.45) is 5.92 Å². The third-order valence-corrected chi connectivity index (χ3v) is 1.92. The Morgan fingerprint density at radius 3 is 3.00 bits per heavy atom. The predicted molar refractivity (Wildman–Crippen MR) is 53.7 cm³/mol. The second kappa shape index (κ2) is 4.83. The zero-order valence-corrected chi connectivity index (χ0v) is 7.93. The normalized spacial score (nSPS) is 21.2. The standard InChI is InChI=1S/C12H16/c1-3-4-5-6-12-9-7-11(2)8-10-12/h7,9-11H,3-4,8H2,1-2H3. The van der Waals surface area contributed by atoms with Gasteiger partial charge in [0.25, 0.3) is 0 Å². The van der Waals surface area contributed by atoms with Crippen LogP contribution in [0.3, 0.4) is 0 Å². The van der Waals surface area contributed by atoms with Crippen LogP contribution in [0.15, 0.2) is 23.8 Å². The topological polar surface area (TPSA) is 0 Å². The maximum atomic E-state index is 3.17. The number of rotatable bonds is 1. The van der Waals surface area contributed by atoms with Crippen molar-refractivity contribution in [1.29, 1.82) is 0 Å². The Bertz CT molecular complexity index is 245. The summed E-state index contributed by atoms with van der Waals surface area (Å²) >= 11 is 0. The second-order valence-electron chi connectivity index (χ2n) is 3.28. The molecule has 0 amide bonds. The molecule has 1 aliphatic rings. The van der Waals surface area contributed by atoms with Gasteiger partial charge in [-0.25, -0.2) is 0 Å². The molecule has 12 heavy (non-hydrogen) atoms. The Labute approximate surface area is 75.4 Å². The van der Waals surface area contributed by atoms with Gasteiger partial charge >= 0.3 is 0 Å². The third kappa shape index (κ3) is 2.96. The highest BCUT2D eigenvalue weighted by molar-refractivity contribution is 5.40. The molecule has 0 aromatic rings. The van der Waals surface area contributed by atoms with Crippen LogP contribution in [0.2, 0.25) is 0 Å². The molecule has 64 valence electrons. The van der Waals surface area contributed by atoms with Crippen molar-refractivity contribution in [3.8, 4) is 11.8 Å². The molecule has 0 N–H and O–H groups in total. The summed E-state index contributed by atoms with van der Waals surface area (Å²) in [4.78, 5) is 0. The number of hydrogen-bond donors (Lipinski definition) is 0. The lowest BCUT2D eigenvalue weighted by Crippen LogP contribution is -1.92. The first-order valence-electron chi connectivity index (χ1n) is 4.70. The lowest BCUT2D eigenvalue weighted by Gasteiger charge is -2.06. The first-order chi connectivity index (χ1) is 5.83. The second-order valence-corrected chi connectivity index (χ2v) is 3.28. The van der Waals surface area contributed by atoms with Crippen molar-refractivity contribution in [1.82, 2.24) is 0 Å². The van der Waals surface area contributed by atoms with Gasteiger partial charge in [-0.05, 0) is 18.8 Å². The molecular weight excluding hydrogens is 144 g/mol. The summed E-state index contributed by atoms with van der Waals surface area (Å²) in [5.74, 6) is 7.01. The fourth-order valence-corrected chi connectivity index (χ4v) is 1.11. The fraction of sp³-hybridized carbons (Fsp3) is 0.500. The van der Waals surface area contributed by atoms with E-state index in [0.29, 0.717) is 5.92 Å². The van der Waals surface area contributed by atoms with Gasteiger partial charge in [0.05, 0.1) is 0 Å². The van der Waals surface area contributed by atoms with Gasteiger partial charge in [0.1, 0.15) is 0 Å². The Kier molecular flexibility index (Phi) is 3.67. The molecule has 1 atom stereocenters. The Hall–Kier alpha value is -0.960. The Balaban J connectivity index is 2.46. The van der Waals surface area contributed by atoms with E-state index in [4.69, 9.17) is 0 Å². The molecule has 0 heteroatoms. The van der Waals surface area contributed by atoms with E-state index in [1.807, 2.05) is 0 Å². The molecule has 0 aromatic carbocycles. The van der Waals surface area contributed by atoms with E-state index in [2.05, 4.69) is 43.9 Å². The van der Waals surface area contributed by atoms with Crippen LogP contribution in [-0.2, 0) is 0 Å². The molecule has 1 aliphatic carbocycles. The maximum absolute atomic E-state index is 3.17. The molecule has 1 unspecified atom stereocenters. The monoisotopic (exact) mass is 160 g/mol. The zero-order valence-electron chi connectivity index (χ0n) is 7.93. The number of unbranched alkanes of at least 4 members (excludes halogenated alkanes) is 1. The van der Waals surface area contributed by atoms with Gasteiger partial charge in [0.2, 0.25) is 0 Å². The molecule has 0 aliphatic heterocycles. The van der Waals surface area contributed by atoms with Crippen LogP contribution in [0.5, 0.6) is 0 Å². The summed E-state index contributed by atoms with van der Waals surface area (Å²) in [6, 6.07) is 0. The molecular formula is C12H16. The summed E-state index contributed by atoms with van der Waals surface area (Å²) in [6.07, 6.45) is 9.91. The summed E-state index contributed by atoms with van der Waals surface area (Å²) in [5, 5.41) is 0. The van der Waals surface area contributed by atoms with Crippen LogP contribution >= 0.6 is 0 Å². The number of allylic oxidation sites excluding steroid dienone is 4. The molecule has 0 heterocycles. The highest BCUT2D eigenvalue weighted by Gasteiger charge is 1.99. The average molecular weight is 160 g/mol. The van der Waals surface area contributed by atoms with Crippen LogP contribution in [0, 0.1) is 17.8 Å². The van der Waals surface area contributed by atoms with E-state index < -0.39 is 0 Å². The van der Waals surface area contributed by atoms with E-state index in [0.717, 1.165) is 19.3 Å². The first kappa shape index (κ1) is 9.13. The predicted octanol–water partition coefficient (Wildman–Crippen LogP) is 3.31. The summed E-state index contributed by atoms with van der Waals surface area (Å²) < 4.78 is 0. The van der Waals surface area contributed by atoms with E-state index >= 15 is 0 Å². The quantitative estimate of drug-likeness (QED) is 0.516. The van der Waals surface area contributed by atoms with E-state index in [1.165, 1.54) is 5.57 Å². The van der Waals surface area contributed by atoms with Crippen molar-refractivity contribution < 1.29 is 0 Å². The largest absolute Gasteiger partial charge is 0.0979 e. The molecule has 1 rings (SSSR count). The van der Waals surface area contributed by atoms with Crippen molar-refractivity contribution in [2.45, 2.75) is 33.1 Å². The lowest BCUT2D eigenvalue weighted by molar-refractivity contribution is 0.734. The maximum Gasteiger partial charge on any atom is 0.0202 e. The summed E-state index contributed by atoms with van der Waals surface area (Å²) in [7, 11) is 0. The van der Waals surface area contributed by atoms with Crippen LogP contribution in [0.25, 0.3) is 0 Å². The molecule has 0 spiro atoms. The van der Waals surface area contributed by atoms with Gasteiger partial charge in [0.15, 0.2) is 0 Å². The Morgan fingerprint density at radius 2 is 2.42 bits per heavy atom. The molecule has 0 fully saturated rings.